The molecular formula is C21H36FNO. The molecule has 0 heterocycles. The molecule has 2 atom stereocenters. The molecule has 0 saturated carbocycles. The van der Waals surface area contributed by atoms with Gasteiger partial charge in [0.05, 0.1) is 12.1 Å². The number of nitrogens with two attached hydrogens (primary N) is 1. The van der Waals surface area contributed by atoms with Gasteiger partial charge in [-0.25, -0.2) is 4.39 Å². The largest absolute Gasteiger partial charge is 0.394 e. The molecule has 0 amide bonds. The summed E-state index contributed by atoms with van der Waals surface area (Å²) in [5.74, 6) is 0.585. The number of hydrogen-bond acceptors (Lipinski definition) is 2. The van der Waals surface area contributed by atoms with Gasteiger partial charge in [0, 0.05) is 0 Å². The molecule has 0 aromatic heterocycles. The lowest BCUT2D eigenvalue weighted by molar-refractivity contribution is 0.157. The van der Waals surface area contributed by atoms with Crippen molar-refractivity contribution in [2.45, 2.75) is 83.1 Å². The van der Waals surface area contributed by atoms with Gasteiger partial charge in [0.2, 0.25) is 0 Å². The van der Waals surface area contributed by atoms with Crippen LogP contribution in [0.3, 0.4) is 0 Å². The Labute approximate surface area is 147 Å². The summed E-state index contributed by atoms with van der Waals surface area (Å²) in [6.45, 7) is 3.55. The maximum Gasteiger partial charge on any atom is 0.110 e. The standard InChI is InChI=1S/C21H36FNO/c1-3-4-5-6-7-8-9-18(2)20-12-10-19(11-13-20)14-15-21(23,16-22)17-24/h10-13,18,24H,3-9,14-17,23H2,1-2H3. The molecule has 3 N–H and O–H groups in total. The van der Waals surface area contributed by atoms with E-state index in [0.29, 0.717) is 18.8 Å². The van der Waals surface area contributed by atoms with Gasteiger partial charge in [-0.15, -0.1) is 0 Å². The van der Waals surface area contributed by atoms with Crippen molar-refractivity contribution in [3.63, 3.8) is 0 Å². The highest BCUT2D eigenvalue weighted by atomic mass is 19.1. The number of aliphatic hydroxyl groups excluding tert-OH is 1. The van der Waals surface area contributed by atoms with Crippen LogP contribution >= 0.6 is 0 Å². The molecular weight excluding hydrogens is 301 g/mol. The van der Waals surface area contributed by atoms with E-state index in [2.05, 4.69) is 38.1 Å². The van der Waals surface area contributed by atoms with Gasteiger partial charge in [0.25, 0.3) is 0 Å². The van der Waals surface area contributed by atoms with Gasteiger partial charge in [0.1, 0.15) is 6.67 Å². The number of aliphatic hydroxyl groups is 1. The Kier molecular flexibility index (Phi) is 10.2. The summed E-state index contributed by atoms with van der Waals surface area (Å²) >= 11 is 0. The fourth-order valence-corrected chi connectivity index (χ4v) is 2.99. The molecule has 24 heavy (non-hydrogen) atoms. The van der Waals surface area contributed by atoms with Crippen LogP contribution in [0.15, 0.2) is 24.3 Å². The SMILES string of the molecule is CCCCCCCCC(C)c1ccc(CCC(N)(CO)CF)cc1. The third-order valence-corrected chi connectivity index (χ3v) is 5.03. The predicted molar refractivity (Wildman–Crippen MR) is 101 cm³/mol. The molecule has 0 saturated heterocycles. The number of alkyl halides is 1. The molecule has 0 bridgehead atoms. The van der Waals surface area contributed by atoms with Crippen LogP contribution in [0, 0.1) is 0 Å². The lowest BCUT2D eigenvalue weighted by atomic mass is 9.91. The molecule has 138 valence electrons. The molecule has 3 heteroatoms. The Morgan fingerprint density at radius 3 is 2.29 bits per heavy atom. The van der Waals surface area contributed by atoms with Gasteiger partial charge in [-0.3, -0.25) is 0 Å². The minimum absolute atomic E-state index is 0.309. The smallest absolute Gasteiger partial charge is 0.110 e. The third-order valence-electron chi connectivity index (χ3n) is 5.03. The van der Waals surface area contributed by atoms with Crippen LogP contribution < -0.4 is 5.73 Å². The van der Waals surface area contributed by atoms with Crippen molar-refractivity contribution in [3.8, 4) is 0 Å². The average Bonchev–Trinajstić information content (AvgIpc) is 2.63. The maximum atomic E-state index is 12.8. The van der Waals surface area contributed by atoms with E-state index in [1.807, 2.05) is 0 Å². The second-order valence-electron chi connectivity index (χ2n) is 7.35. The number of aryl methyl sites for hydroxylation is 1. The predicted octanol–water partition coefficient (Wildman–Crippen LogP) is 5.13. The van der Waals surface area contributed by atoms with Crippen molar-refractivity contribution in [3.05, 3.63) is 35.4 Å². The van der Waals surface area contributed by atoms with Crippen molar-refractivity contribution in [2.75, 3.05) is 13.3 Å². The number of benzene rings is 1. The molecule has 0 aliphatic carbocycles. The Morgan fingerprint density at radius 2 is 1.71 bits per heavy atom. The van der Waals surface area contributed by atoms with Crippen molar-refractivity contribution in [2.24, 2.45) is 5.73 Å². The van der Waals surface area contributed by atoms with Crippen LogP contribution in [0.5, 0.6) is 0 Å². The zero-order valence-electron chi connectivity index (χ0n) is 15.6. The Hall–Kier alpha value is -0.930. The number of halogens is 1. The lowest BCUT2D eigenvalue weighted by Gasteiger charge is -2.23. The minimum atomic E-state index is -1.09. The second kappa shape index (κ2) is 11.6. The van der Waals surface area contributed by atoms with E-state index >= 15 is 0 Å². The molecule has 0 aliphatic heterocycles. The Morgan fingerprint density at radius 1 is 1.08 bits per heavy atom. The van der Waals surface area contributed by atoms with Crippen LogP contribution in [0.4, 0.5) is 4.39 Å². The van der Waals surface area contributed by atoms with Gasteiger partial charge < -0.3 is 10.8 Å². The Bertz CT molecular complexity index is 428. The fraction of sp³-hybridized carbons (Fsp3) is 0.714. The number of rotatable bonds is 13. The van der Waals surface area contributed by atoms with Crippen LogP contribution in [0.1, 0.15) is 82.3 Å². The summed E-state index contributed by atoms with van der Waals surface area (Å²) < 4.78 is 12.8. The zero-order chi connectivity index (χ0) is 17.8. The highest BCUT2D eigenvalue weighted by molar-refractivity contribution is 5.25. The van der Waals surface area contributed by atoms with Gasteiger partial charge in [-0.2, -0.15) is 0 Å². The maximum absolute atomic E-state index is 12.8. The van der Waals surface area contributed by atoms with E-state index in [1.165, 1.54) is 50.5 Å². The molecule has 0 spiro atoms. The third kappa shape index (κ3) is 7.76. The van der Waals surface area contributed by atoms with Crippen LogP contribution in [-0.4, -0.2) is 23.9 Å². The quantitative estimate of drug-likeness (QED) is 0.490. The van der Waals surface area contributed by atoms with Gasteiger partial charge in [-0.1, -0.05) is 76.6 Å². The first-order chi connectivity index (χ1) is 11.5. The van der Waals surface area contributed by atoms with Crippen LogP contribution in [0.25, 0.3) is 0 Å². The molecule has 1 aromatic rings. The summed E-state index contributed by atoms with van der Waals surface area (Å²) in [6.07, 6.45) is 10.4. The molecule has 0 aliphatic rings. The lowest BCUT2D eigenvalue weighted by Crippen LogP contribution is -2.46. The first-order valence-corrected chi connectivity index (χ1v) is 9.59. The summed E-state index contributed by atoms with van der Waals surface area (Å²) in [4.78, 5) is 0. The average molecular weight is 338 g/mol. The monoisotopic (exact) mass is 337 g/mol. The van der Waals surface area contributed by atoms with Gasteiger partial charge >= 0.3 is 0 Å². The molecule has 0 fully saturated rings. The first kappa shape index (κ1) is 21.1. The van der Waals surface area contributed by atoms with Crippen molar-refractivity contribution < 1.29 is 9.50 Å². The zero-order valence-corrected chi connectivity index (χ0v) is 15.6. The highest BCUT2D eigenvalue weighted by Gasteiger charge is 2.23. The topological polar surface area (TPSA) is 46.2 Å². The molecule has 2 nitrogen and oxygen atoms in total. The van der Waals surface area contributed by atoms with Gasteiger partial charge in [-0.05, 0) is 36.3 Å². The van der Waals surface area contributed by atoms with E-state index in [4.69, 9.17) is 10.8 Å². The van der Waals surface area contributed by atoms with E-state index in [9.17, 15) is 4.39 Å². The summed E-state index contributed by atoms with van der Waals surface area (Å²) in [6, 6.07) is 8.60. The van der Waals surface area contributed by atoms with E-state index in [1.54, 1.807) is 0 Å². The second-order valence-corrected chi connectivity index (χ2v) is 7.35. The minimum Gasteiger partial charge on any atom is -0.394 e. The molecule has 1 aromatic carbocycles. The summed E-state index contributed by atoms with van der Waals surface area (Å²) in [7, 11) is 0. The van der Waals surface area contributed by atoms with Crippen molar-refractivity contribution in [1.82, 2.24) is 0 Å². The van der Waals surface area contributed by atoms with E-state index in [-0.39, 0.29) is 6.61 Å². The number of unbranched alkanes of at least 4 members (excludes halogenated alkanes) is 5. The van der Waals surface area contributed by atoms with E-state index < -0.39 is 12.2 Å². The summed E-state index contributed by atoms with van der Waals surface area (Å²) in [5.41, 5.74) is 7.23. The first-order valence-electron chi connectivity index (χ1n) is 9.59. The van der Waals surface area contributed by atoms with Crippen molar-refractivity contribution >= 4 is 0 Å². The van der Waals surface area contributed by atoms with Gasteiger partial charge in [0.15, 0.2) is 0 Å². The molecule has 0 radical (unpaired) electrons. The Balaban J connectivity index is 2.35. The number of hydrogen-bond donors (Lipinski definition) is 2. The normalized spacial score (nSPS) is 15.2. The molecule has 1 rings (SSSR count). The molecule has 2 unspecified atom stereocenters. The van der Waals surface area contributed by atoms with E-state index in [0.717, 1.165) is 5.56 Å². The van der Waals surface area contributed by atoms with Crippen LogP contribution in [-0.2, 0) is 6.42 Å². The fourth-order valence-electron chi connectivity index (χ4n) is 2.99. The van der Waals surface area contributed by atoms with Crippen LogP contribution in [0.2, 0.25) is 0 Å². The van der Waals surface area contributed by atoms with Crippen molar-refractivity contribution in [1.29, 1.82) is 0 Å². The summed E-state index contributed by atoms with van der Waals surface area (Å²) in [5, 5.41) is 9.17. The highest BCUT2D eigenvalue weighted by Crippen LogP contribution is 2.23.